The van der Waals surface area contributed by atoms with Gasteiger partial charge in [0.2, 0.25) is 5.89 Å². The smallest absolute Gasteiger partial charge is 0.314 e. The summed E-state index contributed by atoms with van der Waals surface area (Å²) < 4.78 is 5.38. The fourth-order valence-corrected chi connectivity index (χ4v) is 1.57. The summed E-state index contributed by atoms with van der Waals surface area (Å²) in [5.74, 6) is 0.0367. The van der Waals surface area contributed by atoms with Crippen LogP contribution in [-0.4, -0.2) is 27.0 Å². The first-order chi connectivity index (χ1) is 7.79. The van der Waals surface area contributed by atoms with Crippen LogP contribution in [0.5, 0.6) is 0 Å². The Kier molecular flexibility index (Phi) is 4.56. The van der Waals surface area contributed by atoms with Crippen LogP contribution in [0, 0.1) is 11.3 Å². The van der Waals surface area contributed by atoms with Crippen molar-refractivity contribution in [3.05, 3.63) is 5.89 Å². The highest BCUT2D eigenvalue weighted by molar-refractivity contribution is 7.99. The van der Waals surface area contributed by atoms with E-state index >= 15 is 0 Å². The largest absolute Gasteiger partial charge is 0.481 e. The molecular formula is C11H18N2O3S. The van der Waals surface area contributed by atoms with E-state index in [-0.39, 0.29) is 11.2 Å². The predicted molar refractivity (Wildman–Crippen MR) is 65.0 cm³/mol. The van der Waals surface area contributed by atoms with Gasteiger partial charge in [-0.1, -0.05) is 39.5 Å². The predicted octanol–water partition coefficient (Wildman–Crippen LogP) is 2.47. The average Bonchev–Trinajstić information content (AvgIpc) is 2.61. The summed E-state index contributed by atoms with van der Waals surface area (Å²) >= 11 is 1.04. The lowest BCUT2D eigenvalue weighted by atomic mass is 9.80. The Morgan fingerprint density at radius 1 is 1.47 bits per heavy atom. The summed E-state index contributed by atoms with van der Waals surface area (Å²) in [6.07, 6.45) is 0.712. The number of aliphatic carboxylic acids is 1. The Morgan fingerprint density at radius 2 is 2.12 bits per heavy atom. The minimum atomic E-state index is -0.891. The van der Waals surface area contributed by atoms with Gasteiger partial charge < -0.3 is 9.52 Å². The van der Waals surface area contributed by atoms with Gasteiger partial charge in [0.1, 0.15) is 5.75 Å². The highest BCUT2D eigenvalue weighted by atomic mass is 32.2. The maximum atomic E-state index is 10.4. The standard InChI is InChI=1S/C11H18N2O3S/c1-7(11(2,3)4)5-8-12-13-10(16-8)17-6-9(14)15/h7H,5-6H2,1-4H3,(H,14,15). The number of nitrogens with zero attached hydrogens (tertiary/aromatic N) is 2. The number of rotatable bonds is 5. The van der Waals surface area contributed by atoms with Crippen molar-refractivity contribution in [1.82, 2.24) is 10.2 Å². The van der Waals surface area contributed by atoms with Gasteiger partial charge in [-0.2, -0.15) is 0 Å². The molecule has 0 bridgehead atoms. The molecule has 1 unspecified atom stereocenters. The molecule has 0 radical (unpaired) electrons. The molecule has 6 heteroatoms. The second-order valence-electron chi connectivity index (χ2n) is 5.12. The van der Waals surface area contributed by atoms with Gasteiger partial charge in [-0.25, -0.2) is 0 Å². The Balaban J connectivity index is 2.54. The number of carboxylic acids is 1. The van der Waals surface area contributed by atoms with Gasteiger partial charge in [0, 0.05) is 6.42 Å². The second kappa shape index (κ2) is 5.53. The van der Waals surface area contributed by atoms with Crippen molar-refractivity contribution >= 4 is 17.7 Å². The Bertz CT molecular complexity index is 384. The van der Waals surface area contributed by atoms with Gasteiger partial charge in [0.25, 0.3) is 5.22 Å². The topological polar surface area (TPSA) is 76.2 Å². The van der Waals surface area contributed by atoms with Gasteiger partial charge in [0.05, 0.1) is 0 Å². The number of thioether (sulfide) groups is 1. The van der Waals surface area contributed by atoms with Crippen LogP contribution in [0.3, 0.4) is 0 Å². The van der Waals surface area contributed by atoms with Crippen molar-refractivity contribution in [2.75, 3.05) is 5.75 Å². The molecule has 96 valence electrons. The van der Waals surface area contributed by atoms with Crippen LogP contribution in [0.25, 0.3) is 0 Å². The number of carbonyl (C=O) groups is 1. The molecule has 1 rings (SSSR count). The first kappa shape index (κ1) is 14.0. The number of hydrogen-bond acceptors (Lipinski definition) is 5. The summed E-state index contributed by atoms with van der Waals surface area (Å²) in [6, 6.07) is 0. The lowest BCUT2D eigenvalue weighted by Crippen LogP contribution is -2.19. The first-order valence-electron chi connectivity index (χ1n) is 5.46. The number of carboxylic acid groups (broad SMARTS) is 1. The van der Waals surface area contributed by atoms with Crippen molar-refractivity contribution in [3.8, 4) is 0 Å². The molecule has 1 aromatic heterocycles. The molecule has 0 fully saturated rings. The highest BCUT2D eigenvalue weighted by Crippen LogP contribution is 2.28. The van der Waals surface area contributed by atoms with Gasteiger partial charge in [-0.3, -0.25) is 4.79 Å². The van der Waals surface area contributed by atoms with E-state index in [0.29, 0.717) is 23.5 Å². The lowest BCUT2D eigenvalue weighted by Gasteiger charge is -2.25. The third-order valence-corrected chi connectivity index (χ3v) is 3.53. The normalized spacial score (nSPS) is 13.6. The Hall–Kier alpha value is -1.04. The van der Waals surface area contributed by atoms with E-state index in [4.69, 9.17) is 9.52 Å². The summed E-state index contributed by atoms with van der Waals surface area (Å²) in [4.78, 5) is 10.4. The van der Waals surface area contributed by atoms with Crippen molar-refractivity contribution in [1.29, 1.82) is 0 Å². The zero-order chi connectivity index (χ0) is 13.1. The summed E-state index contributed by atoms with van der Waals surface area (Å²) in [5, 5.41) is 16.6. The second-order valence-corrected chi connectivity index (χ2v) is 6.04. The van der Waals surface area contributed by atoms with Crippen LogP contribution in [0.4, 0.5) is 0 Å². The van der Waals surface area contributed by atoms with Gasteiger partial charge in [-0.05, 0) is 11.3 Å². The van der Waals surface area contributed by atoms with Crippen molar-refractivity contribution in [3.63, 3.8) is 0 Å². The van der Waals surface area contributed by atoms with E-state index in [1.165, 1.54) is 0 Å². The van der Waals surface area contributed by atoms with Crippen LogP contribution in [-0.2, 0) is 11.2 Å². The molecular weight excluding hydrogens is 240 g/mol. The average molecular weight is 258 g/mol. The summed E-state index contributed by atoms with van der Waals surface area (Å²) in [7, 11) is 0. The van der Waals surface area contributed by atoms with Crippen LogP contribution in [0.1, 0.15) is 33.6 Å². The van der Waals surface area contributed by atoms with E-state index < -0.39 is 5.97 Å². The molecule has 0 spiro atoms. The van der Waals surface area contributed by atoms with E-state index in [9.17, 15) is 4.79 Å². The van der Waals surface area contributed by atoms with Crippen molar-refractivity contribution in [2.45, 2.75) is 39.3 Å². The van der Waals surface area contributed by atoms with Crippen LogP contribution in [0.15, 0.2) is 9.64 Å². The molecule has 0 amide bonds. The molecule has 5 nitrogen and oxygen atoms in total. The maximum Gasteiger partial charge on any atom is 0.314 e. The minimum absolute atomic E-state index is 0.0591. The molecule has 0 saturated carbocycles. The monoisotopic (exact) mass is 258 g/mol. The van der Waals surface area contributed by atoms with Crippen molar-refractivity contribution in [2.24, 2.45) is 11.3 Å². The van der Waals surface area contributed by atoms with Gasteiger partial charge >= 0.3 is 5.97 Å². The minimum Gasteiger partial charge on any atom is -0.481 e. The van der Waals surface area contributed by atoms with Crippen molar-refractivity contribution < 1.29 is 14.3 Å². The van der Waals surface area contributed by atoms with Gasteiger partial charge in [-0.15, -0.1) is 10.2 Å². The van der Waals surface area contributed by atoms with E-state index in [1.807, 2.05) is 0 Å². The molecule has 0 aliphatic carbocycles. The molecule has 17 heavy (non-hydrogen) atoms. The maximum absolute atomic E-state index is 10.4. The third-order valence-electron chi connectivity index (χ3n) is 2.73. The number of hydrogen-bond donors (Lipinski definition) is 1. The van der Waals surface area contributed by atoms with Gasteiger partial charge in [0.15, 0.2) is 0 Å². The van der Waals surface area contributed by atoms with Crippen LogP contribution >= 0.6 is 11.8 Å². The molecule has 0 aliphatic rings. The number of aromatic nitrogens is 2. The quantitative estimate of drug-likeness (QED) is 0.818. The summed E-state index contributed by atoms with van der Waals surface area (Å²) in [5.41, 5.74) is 0.183. The fourth-order valence-electron chi connectivity index (χ4n) is 1.07. The van der Waals surface area contributed by atoms with Crippen LogP contribution < -0.4 is 0 Å². The highest BCUT2D eigenvalue weighted by Gasteiger charge is 2.22. The molecule has 0 aromatic carbocycles. The molecule has 1 N–H and O–H groups in total. The Morgan fingerprint density at radius 3 is 2.65 bits per heavy atom. The zero-order valence-corrected chi connectivity index (χ0v) is 11.4. The van der Waals surface area contributed by atoms with E-state index in [1.54, 1.807) is 0 Å². The van der Waals surface area contributed by atoms with Crippen LogP contribution in [0.2, 0.25) is 0 Å². The van der Waals surface area contributed by atoms with E-state index in [2.05, 4.69) is 37.9 Å². The first-order valence-corrected chi connectivity index (χ1v) is 6.44. The third kappa shape index (κ3) is 4.77. The van der Waals surface area contributed by atoms with E-state index in [0.717, 1.165) is 11.8 Å². The Labute approximate surface area is 105 Å². The SMILES string of the molecule is CC(Cc1nnc(SCC(=O)O)o1)C(C)(C)C. The molecule has 0 aliphatic heterocycles. The molecule has 0 saturated heterocycles. The molecule has 1 heterocycles. The lowest BCUT2D eigenvalue weighted by molar-refractivity contribution is -0.133. The molecule has 1 aromatic rings. The molecule has 1 atom stereocenters. The fraction of sp³-hybridized carbons (Fsp3) is 0.727. The summed E-state index contributed by atoms with van der Waals surface area (Å²) in [6.45, 7) is 8.62. The zero-order valence-electron chi connectivity index (χ0n) is 10.6.